The van der Waals surface area contributed by atoms with Crippen molar-refractivity contribution in [1.82, 2.24) is 0 Å². The Hall–Kier alpha value is -1.25. The van der Waals surface area contributed by atoms with Crippen LogP contribution in [0.2, 0.25) is 0 Å². The molecule has 0 atom stereocenters. The van der Waals surface area contributed by atoms with E-state index in [4.69, 9.17) is 0 Å². The number of hydrogen-bond donors (Lipinski definition) is 3. The molecule has 0 saturated carbocycles. The van der Waals surface area contributed by atoms with Gasteiger partial charge in [-0.2, -0.15) is 0 Å². The molecule has 0 aromatic heterocycles. The molecule has 23 heavy (non-hydrogen) atoms. The Kier molecular flexibility index (Phi) is 5.59. The minimum atomic E-state index is -4.05. The zero-order valence-electron chi connectivity index (χ0n) is 14.3. The molecular weight excluding hydrogens is 307 g/mol. The number of aryl methyl sites for hydroxylation is 4. The molecule has 0 aliphatic heterocycles. The van der Waals surface area contributed by atoms with Gasteiger partial charge < -0.3 is 0 Å². The zero-order chi connectivity index (χ0) is 17.2. The molecule has 0 fully saturated rings. The maximum atomic E-state index is 9.46. The van der Waals surface area contributed by atoms with E-state index in [0.717, 1.165) is 0 Å². The molecule has 4 heteroatoms. The first-order valence-electron chi connectivity index (χ1n) is 7.99. The Bertz CT molecular complexity index is 638. The SMILES string of the molecule is Cc1ccc(C)c(C(CC[PH](O)(O)O)c2cc(C)ccc2C)c1. The van der Waals surface area contributed by atoms with Crippen molar-refractivity contribution < 1.29 is 14.7 Å². The molecule has 2 rings (SSSR count). The summed E-state index contributed by atoms with van der Waals surface area (Å²) in [6.07, 6.45) is 0.558. The summed E-state index contributed by atoms with van der Waals surface area (Å²) in [6.45, 7) is 8.28. The quantitative estimate of drug-likeness (QED) is 0.727. The van der Waals surface area contributed by atoms with Crippen molar-refractivity contribution in [2.75, 3.05) is 6.16 Å². The number of hydrogen-bond acceptors (Lipinski definition) is 3. The van der Waals surface area contributed by atoms with Gasteiger partial charge in [-0.1, -0.05) is 0 Å². The normalized spacial score (nSPS) is 12.7. The van der Waals surface area contributed by atoms with Gasteiger partial charge in [0.15, 0.2) is 0 Å². The van der Waals surface area contributed by atoms with Crippen LogP contribution in [0.4, 0.5) is 0 Å². The second kappa shape index (κ2) is 7.11. The summed E-state index contributed by atoms with van der Waals surface area (Å²) < 4.78 is 0. The summed E-state index contributed by atoms with van der Waals surface area (Å²) in [5, 5.41) is 0. The number of benzene rings is 2. The first-order chi connectivity index (χ1) is 10.7. The van der Waals surface area contributed by atoms with E-state index in [1.165, 1.54) is 33.4 Å². The molecule has 2 aromatic rings. The van der Waals surface area contributed by atoms with Crippen molar-refractivity contribution in [3.05, 3.63) is 69.8 Å². The van der Waals surface area contributed by atoms with E-state index in [1.807, 2.05) is 0 Å². The first kappa shape index (κ1) is 18.1. The van der Waals surface area contributed by atoms with Crippen LogP contribution in [0.3, 0.4) is 0 Å². The van der Waals surface area contributed by atoms with Gasteiger partial charge >= 0.3 is 139 Å². The third-order valence-electron chi connectivity index (χ3n) is 4.39. The fourth-order valence-electron chi connectivity index (χ4n) is 3.09. The van der Waals surface area contributed by atoms with Crippen LogP contribution in [0, 0.1) is 27.7 Å². The second-order valence-electron chi connectivity index (χ2n) is 6.59. The van der Waals surface area contributed by atoms with Crippen molar-refractivity contribution in [2.24, 2.45) is 0 Å². The van der Waals surface area contributed by atoms with Crippen LogP contribution in [0.5, 0.6) is 0 Å². The Morgan fingerprint density at radius 2 is 1.22 bits per heavy atom. The Morgan fingerprint density at radius 3 is 1.61 bits per heavy atom. The molecule has 0 bridgehead atoms. The van der Waals surface area contributed by atoms with Gasteiger partial charge in [-0.15, -0.1) is 0 Å². The Balaban J connectivity index is 2.51. The third-order valence-corrected chi connectivity index (χ3v) is 5.35. The summed E-state index contributed by atoms with van der Waals surface area (Å²) in [5.74, 6) is 0.0492. The zero-order valence-corrected chi connectivity index (χ0v) is 15.3. The van der Waals surface area contributed by atoms with Crippen molar-refractivity contribution >= 4 is 7.94 Å². The predicted octanol–water partition coefficient (Wildman–Crippen LogP) is 3.91. The molecule has 2 aromatic carbocycles. The van der Waals surface area contributed by atoms with Crippen LogP contribution in [0.1, 0.15) is 45.7 Å². The standard InChI is InChI=1S/C19H27O3P/c1-13-5-7-15(3)18(11-13)17(9-10-23(20,21)22)19-12-14(2)6-8-16(19)4/h5-8,11-12,17,20-23H,9-10H2,1-4H3. The van der Waals surface area contributed by atoms with E-state index in [0.29, 0.717) is 6.42 Å². The topological polar surface area (TPSA) is 60.7 Å². The van der Waals surface area contributed by atoms with Crippen LogP contribution in [-0.4, -0.2) is 20.8 Å². The van der Waals surface area contributed by atoms with Crippen LogP contribution in [0.25, 0.3) is 0 Å². The van der Waals surface area contributed by atoms with Crippen LogP contribution < -0.4 is 0 Å². The Labute approximate surface area is 139 Å². The first-order valence-corrected chi connectivity index (χ1v) is 10.0. The van der Waals surface area contributed by atoms with Crippen molar-refractivity contribution in [3.63, 3.8) is 0 Å². The van der Waals surface area contributed by atoms with E-state index in [-0.39, 0.29) is 12.1 Å². The van der Waals surface area contributed by atoms with Gasteiger partial charge in [0.05, 0.1) is 0 Å². The third kappa shape index (κ3) is 4.86. The molecule has 0 aliphatic rings. The molecular formula is C19H27O3P. The molecule has 0 spiro atoms. The molecule has 0 unspecified atom stereocenters. The fraction of sp³-hybridized carbons (Fsp3) is 0.368. The Morgan fingerprint density at radius 1 is 0.783 bits per heavy atom. The van der Waals surface area contributed by atoms with Gasteiger partial charge in [-0.25, -0.2) is 0 Å². The second-order valence-corrected chi connectivity index (χ2v) is 8.63. The van der Waals surface area contributed by atoms with Gasteiger partial charge in [-0.05, 0) is 0 Å². The predicted molar refractivity (Wildman–Crippen MR) is 98.1 cm³/mol. The van der Waals surface area contributed by atoms with Gasteiger partial charge in [0.25, 0.3) is 0 Å². The summed E-state index contributed by atoms with van der Waals surface area (Å²) >= 11 is 0. The molecule has 126 valence electrons. The number of rotatable bonds is 5. The van der Waals surface area contributed by atoms with Crippen molar-refractivity contribution in [2.45, 2.75) is 40.0 Å². The van der Waals surface area contributed by atoms with Crippen LogP contribution in [0.15, 0.2) is 36.4 Å². The van der Waals surface area contributed by atoms with Crippen molar-refractivity contribution in [3.8, 4) is 0 Å². The minimum absolute atomic E-state index is 0.0401. The van der Waals surface area contributed by atoms with Crippen molar-refractivity contribution in [1.29, 1.82) is 0 Å². The molecule has 0 radical (unpaired) electrons. The average Bonchev–Trinajstić information content (AvgIpc) is 2.45. The molecule has 3 nitrogen and oxygen atoms in total. The van der Waals surface area contributed by atoms with Gasteiger partial charge in [-0.3, -0.25) is 0 Å². The van der Waals surface area contributed by atoms with E-state index in [9.17, 15) is 14.7 Å². The van der Waals surface area contributed by atoms with Crippen LogP contribution >= 0.6 is 7.94 Å². The summed E-state index contributed by atoms with van der Waals surface area (Å²) in [4.78, 5) is 28.4. The molecule has 0 heterocycles. The van der Waals surface area contributed by atoms with E-state index in [1.54, 1.807) is 0 Å². The van der Waals surface area contributed by atoms with E-state index in [2.05, 4.69) is 64.1 Å². The van der Waals surface area contributed by atoms with Gasteiger partial charge in [0.1, 0.15) is 0 Å². The van der Waals surface area contributed by atoms with E-state index < -0.39 is 7.94 Å². The van der Waals surface area contributed by atoms with Gasteiger partial charge in [0.2, 0.25) is 0 Å². The average molecular weight is 334 g/mol. The van der Waals surface area contributed by atoms with E-state index >= 15 is 0 Å². The fourth-order valence-corrected chi connectivity index (χ4v) is 3.76. The summed E-state index contributed by atoms with van der Waals surface area (Å²) in [5.41, 5.74) is 7.11. The monoisotopic (exact) mass is 334 g/mol. The molecule has 0 aliphatic carbocycles. The molecule has 0 saturated heterocycles. The summed E-state index contributed by atoms with van der Waals surface area (Å²) in [7, 11) is -4.05. The van der Waals surface area contributed by atoms with Crippen LogP contribution in [-0.2, 0) is 0 Å². The maximum absolute atomic E-state index is 9.46. The molecule has 0 amide bonds. The van der Waals surface area contributed by atoms with Gasteiger partial charge in [0, 0.05) is 0 Å². The molecule has 3 N–H and O–H groups in total. The summed E-state index contributed by atoms with van der Waals surface area (Å²) in [6, 6.07) is 12.7.